The third-order valence-corrected chi connectivity index (χ3v) is 5.21. The number of aliphatic hydroxyl groups is 1. The molecule has 1 aliphatic carbocycles. The van der Waals surface area contributed by atoms with Gasteiger partial charge < -0.3 is 10.4 Å². The Morgan fingerprint density at radius 2 is 2.05 bits per heavy atom. The Morgan fingerprint density at radius 3 is 2.65 bits per heavy atom. The summed E-state index contributed by atoms with van der Waals surface area (Å²) in [5, 5.41) is 13.3. The fourth-order valence-corrected chi connectivity index (χ4v) is 3.78. The van der Waals surface area contributed by atoms with Crippen LogP contribution in [0.5, 0.6) is 0 Å². The lowest BCUT2D eigenvalue weighted by atomic mass is 9.94. The zero-order valence-corrected chi connectivity index (χ0v) is 13.8. The van der Waals surface area contributed by atoms with Gasteiger partial charge in [0.2, 0.25) is 5.91 Å². The summed E-state index contributed by atoms with van der Waals surface area (Å²) in [7, 11) is 0. The van der Waals surface area contributed by atoms with Crippen molar-refractivity contribution in [2.24, 2.45) is 0 Å². The molecule has 1 aromatic rings. The Bertz CT molecular complexity index is 476. The highest BCUT2D eigenvalue weighted by atomic mass is 79.9. The van der Waals surface area contributed by atoms with Crippen LogP contribution in [0.1, 0.15) is 43.4 Å². The first-order valence-corrected chi connectivity index (χ1v) is 8.62. The standard InChI is InChI=1S/C15H20BrNO2S/c16-13-7-5-12(20-13)6-8-14(18)17-11-15(19)9-3-1-2-4-10-15/h5-8,19H,1-4,9-11H2,(H,17,18). The molecule has 1 aliphatic rings. The number of hydrogen-bond acceptors (Lipinski definition) is 3. The zero-order valence-electron chi connectivity index (χ0n) is 11.4. The van der Waals surface area contributed by atoms with E-state index in [-0.39, 0.29) is 5.91 Å². The lowest BCUT2D eigenvalue weighted by Gasteiger charge is -2.26. The summed E-state index contributed by atoms with van der Waals surface area (Å²) < 4.78 is 1.05. The molecule has 1 fully saturated rings. The fourth-order valence-electron chi connectivity index (χ4n) is 2.45. The van der Waals surface area contributed by atoms with E-state index in [0.717, 1.165) is 34.3 Å². The van der Waals surface area contributed by atoms with E-state index in [1.807, 2.05) is 12.1 Å². The summed E-state index contributed by atoms with van der Waals surface area (Å²) in [6, 6.07) is 3.91. The number of nitrogens with one attached hydrogen (secondary N) is 1. The van der Waals surface area contributed by atoms with Crippen molar-refractivity contribution in [3.63, 3.8) is 0 Å². The largest absolute Gasteiger partial charge is 0.388 e. The van der Waals surface area contributed by atoms with Gasteiger partial charge in [-0.25, -0.2) is 0 Å². The predicted molar refractivity (Wildman–Crippen MR) is 86.7 cm³/mol. The van der Waals surface area contributed by atoms with Crippen LogP contribution in [0.4, 0.5) is 0 Å². The number of rotatable bonds is 4. The highest BCUT2D eigenvalue weighted by molar-refractivity contribution is 9.11. The van der Waals surface area contributed by atoms with Crippen LogP contribution in [-0.4, -0.2) is 23.2 Å². The zero-order chi connectivity index (χ0) is 14.4. The van der Waals surface area contributed by atoms with Crippen LogP contribution in [-0.2, 0) is 4.79 Å². The minimum absolute atomic E-state index is 0.146. The van der Waals surface area contributed by atoms with Gasteiger partial charge in [0.15, 0.2) is 0 Å². The van der Waals surface area contributed by atoms with Gasteiger partial charge in [-0.3, -0.25) is 4.79 Å². The molecule has 2 N–H and O–H groups in total. The third kappa shape index (κ3) is 5.04. The molecule has 0 saturated heterocycles. The average molecular weight is 358 g/mol. The van der Waals surface area contributed by atoms with Gasteiger partial charge in [0, 0.05) is 17.5 Å². The molecule has 1 saturated carbocycles. The molecular weight excluding hydrogens is 338 g/mol. The summed E-state index contributed by atoms with van der Waals surface area (Å²) in [4.78, 5) is 12.8. The molecule has 0 spiro atoms. The molecular formula is C15H20BrNO2S. The van der Waals surface area contributed by atoms with Gasteiger partial charge in [0.25, 0.3) is 0 Å². The van der Waals surface area contributed by atoms with Crippen LogP contribution < -0.4 is 5.32 Å². The molecule has 0 unspecified atom stereocenters. The Hall–Kier alpha value is -0.650. The van der Waals surface area contributed by atoms with E-state index in [2.05, 4.69) is 21.2 Å². The van der Waals surface area contributed by atoms with Gasteiger partial charge in [-0.05, 0) is 47.0 Å². The number of carbonyl (C=O) groups is 1. The molecule has 5 heteroatoms. The van der Waals surface area contributed by atoms with E-state index in [0.29, 0.717) is 6.54 Å². The van der Waals surface area contributed by atoms with Gasteiger partial charge in [0.05, 0.1) is 9.39 Å². The highest BCUT2D eigenvalue weighted by Crippen LogP contribution is 2.26. The Kier molecular flexibility index (Phi) is 5.81. The van der Waals surface area contributed by atoms with E-state index in [1.54, 1.807) is 17.4 Å². The Labute approximate surface area is 132 Å². The van der Waals surface area contributed by atoms with Gasteiger partial charge >= 0.3 is 0 Å². The first kappa shape index (κ1) is 15.7. The van der Waals surface area contributed by atoms with Crippen LogP contribution in [0, 0.1) is 0 Å². The molecule has 0 aliphatic heterocycles. The minimum Gasteiger partial charge on any atom is -0.388 e. The maximum atomic E-state index is 11.8. The molecule has 110 valence electrons. The maximum absolute atomic E-state index is 11.8. The normalized spacial score (nSPS) is 18.9. The van der Waals surface area contributed by atoms with Gasteiger partial charge in [-0.1, -0.05) is 25.7 Å². The van der Waals surface area contributed by atoms with Gasteiger partial charge in [0.1, 0.15) is 0 Å². The predicted octanol–water partition coefficient (Wildman–Crippen LogP) is 3.73. The number of halogens is 1. The molecule has 1 aromatic heterocycles. The van der Waals surface area contributed by atoms with Crippen LogP contribution >= 0.6 is 27.3 Å². The Morgan fingerprint density at radius 1 is 1.35 bits per heavy atom. The van der Waals surface area contributed by atoms with Crippen molar-refractivity contribution in [3.05, 3.63) is 26.9 Å². The third-order valence-electron chi connectivity index (χ3n) is 3.62. The van der Waals surface area contributed by atoms with E-state index in [4.69, 9.17) is 0 Å². The summed E-state index contributed by atoms with van der Waals surface area (Å²) in [5.41, 5.74) is -0.716. The van der Waals surface area contributed by atoms with Crippen molar-refractivity contribution < 1.29 is 9.90 Å². The van der Waals surface area contributed by atoms with E-state index in [1.165, 1.54) is 18.9 Å². The molecule has 20 heavy (non-hydrogen) atoms. The average Bonchev–Trinajstić information content (AvgIpc) is 2.71. The van der Waals surface area contributed by atoms with Crippen molar-refractivity contribution in [1.82, 2.24) is 5.32 Å². The summed E-state index contributed by atoms with van der Waals surface area (Å²) in [5.74, 6) is -0.146. The molecule has 1 heterocycles. The monoisotopic (exact) mass is 357 g/mol. The summed E-state index contributed by atoms with van der Waals surface area (Å²) >= 11 is 4.97. The smallest absolute Gasteiger partial charge is 0.244 e. The van der Waals surface area contributed by atoms with Crippen LogP contribution in [0.15, 0.2) is 22.0 Å². The first-order chi connectivity index (χ1) is 9.57. The molecule has 0 radical (unpaired) electrons. The van der Waals surface area contributed by atoms with E-state index < -0.39 is 5.60 Å². The number of thiophene rings is 1. The summed E-state index contributed by atoms with van der Waals surface area (Å²) in [6.45, 7) is 0.351. The topological polar surface area (TPSA) is 49.3 Å². The second-order valence-electron chi connectivity index (χ2n) is 5.33. The molecule has 3 nitrogen and oxygen atoms in total. The fraction of sp³-hybridized carbons (Fsp3) is 0.533. The van der Waals surface area contributed by atoms with Crippen molar-refractivity contribution in [2.45, 2.75) is 44.1 Å². The van der Waals surface area contributed by atoms with Crippen LogP contribution in [0.3, 0.4) is 0 Å². The number of amides is 1. The molecule has 0 atom stereocenters. The maximum Gasteiger partial charge on any atom is 0.244 e. The number of carbonyl (C=O) groups excluding carboxylic acids is 1. The van der Waals surface area contributed by atoms with Crippen molar-refractivity contribution >= 4 is 39.2 Å². The van der Waals surface area contributed by atoms with Gasteiger partial charge in [-0.15, -0.1) is 11.3 Å². The van der Waals surface area contributed by atoms with Crippen LogP contribution in [0.25, 0.3) is 6.08 Å². The highest BCUT2D eigenvalue weighted by Gasteiger charge is 2.27. The second-order valence-corrected chi connectivity index (χ2v) is 7.83. The molecule has 0 bridgehead atoms. The minimum atomic E-state index is -0.716. The first-order valence-electron chi connectivity index (χ1n) is 7.01. The van der Waals surface area contributed by atoms with E-state index >= 15 is 0 Å². The molecule has 0 aromatic carbocycles. The lowest BCUT2D eigenvalue weighted by Crippen LogP contribution is -2.42. The SMILES string of the molecule is O=C(C=Cc1ccc(Br)s1)NCC1(O)CCCCCC1. The molecule has 1 amide bonds. The Balaban J connectivity index is 1.80. The second kappa shape index (κ2) is 7.38. The summed E-state index contributed by atoms with van der Waals surface area (Å²) in [6.07, 6.45) is 9.35. The van der Waals surface area contributed by atoms with Crippen molar-refractivity contribution in [1.29, 1.82) is 0 Å². The van der Waals surface area contributed by atoms with E-state index in [9.17, 15) is 9.90 Å². The molecule has 2 rings (SSSR count). The lowest BCUT2D eigenvalue weighted by molar-refractivity contribution is -0.117. The van der Waals surface area contributed by atoms with Crippen LogP contribution in [0.2, 0.25) is 0 Å². The van der Waals surface area contributed by atoms with Crippen molar-refractivity contribution in [3.8, 4) is 0 Å². The quantitative estimate of drug-likeness (QED) is 0.637. The van der Waals surface area contributed by atoms with Crippen molar-refractivity contribution in [2.75, 3.05) is 6.54 Å². The number of hydrogen-bond donors (Lipinski definition) is 2. The van der Waals surface area contributed by atoms with Gasteiger partial charge in [-0.2, -0.15) is 0 Å².